The summed E-state index contributed by atoms with van der Waals surface area (Å²) in [4.78, 5) is 31.8. The maximum absolute atomic E-state index is 11.1. The zero-order valence-electron chi connectivity index (χ0n) is 23.7. The first kappa shape index (κ1) is 28.6. The Kier molecular flexibility index (Phi) is 8.76. The molecule has 1 aromatic carbocycles. The molecule has 0 N–H and O–H groups in total. The second-order valence-electron chi connectivity index (χ2n) is 11.2. The van der Waals surface area contributed by atoms with Gasteiger partial charge in [0.15, 0.2) is 0 Å². The Morgan fingerprint density at radius 1 is 1.23 bits per heavy atom. The van der Waals surface area contributed by atoms with Crippen molar-refractivity contribution in [2.45, 2.75) is 71.1 Å². The molecular formula is C32H37N3O3S2. The van der Waals surface area contributed by atoms with Crippen LogP contribution in [0.3, 0.4) is 0 Å². The maximum atomic E-state index is 11.1. The number of aryl methyl sites for hydroxylation is 2. The predicted octanol–water partition coefficient (Wildman–Crippen LogP) is 7.33. The van der Waals surface area contributed by atoms with Gasteiger partial charge in [-0.05, 0) is 49.6 Å². The summed E-state index contributed by atoms with van der Waals surface area (Å²) in [6, 6.07) is 10.9. The Balaban J connectivity index is 1.71. The quantitative estimate of drug-likeness (QED) is 0.116. The predicted molar refractivity (Wildman–Crippen MR) is 165 cm³/mol. The Morgan fingerprint density at radius 3 is 2.75 bits per heavy atom. The van der Waals surface area contributed by atoms with E-state index in [1.54, 1.807) is 11.3 Å². The van der Waals surface area contributed by atoms with Crippen LogP contribution >= 0.6 is 23.1 Å². The SMILES string of the molecule is CCC(c1ncccc1-c1c(CC(C)(C)COC=O)c2cc(-c3csc(CCC=O)n3)ccc2n1CC)C1CS1. The molecule has 6 nitrogen and oxygen atoms in total. The van der Waals surface area contributed by atoms with E-state index in [1.165, 1.54) is 39.2 Å². The highest BCUT2D eigenvalue weighted by atomic mass is 32.2. The van der Waals surface area contributed by atoms with Crippen molar-refractivity contribution in [3.8, 4) is 22.5 Å². The number of nitrogens with zero attached hydrogens (tertiary/aromatic N) is 3. The third-order valence-electron chi connectivity index (χ3n) is 7.70. The zero-order chi connectivity index (χ0) is 28.3. The molecule has 0 bridgehead atoms. The van der Waals surface area contributed by atoms with Gasteiger partial charge in [-0.3, -0.25) is 9.78 Å². The van der Waals surface area contributed by atoms with Crippen molar-refractivity contribution in [1.82, 2.24) is 14.5 Å². The number of benzene rings is 1. The van der Waals surface area contributed by atoms with Gasteiger partial charge in [-0.15, -0.1) is 11.3 Å². The number of thioether (sulfide) groups is 1. The summed E-state index contributed by atoms with van der Waals surface area (Å²) in [5, 5.41) is 4.88. The largest absolute Gasteiger partial charge is 0.467 e. The highest BCUT2D eigenvalue weighted by Gasteiger charge is 2.36. The van der Waals surface area contributed by atoms with E-state index in [4.69, 9.17) is 14.7 Å². The van der Waals surface area contributed by atoms with Gasteiger partial charge in [-0.25, -0.2) is 4.98 Å². The number of carbonyl (C=O) groups excluding carboxylic acids is 2. The monoisotopic (exact) mass is 575 g/mol. The van der Waals surface area contributed by atoms with Crippen molar-refractivity contribution >= 4 is 46.8 Å². The van der Waals surface area contributed by atoms with Crippen molar-refractivity contribution in [2.75, 3.05) is 12.4 Å². The number of thiazole rings is 1. The lowest BCUT2D eigenvalue weighted by atomic mass is 9.83. The van der Waals surface area contributed by atoms with Crippen LogP contribution in [0.4, 0.5) is 0 Å². The fourth-order valence-corrected chi connectivity index (χ4v) is 7.48. The molecule has 0 saturated carbocycles. The minimum absolute atomic E-state index is 0.264. The minimum atomic E-state index is -0.264. The van der Waals surface area contributed by atoms with Crippen molar-refractivity contribution in [2.24, 2.45) is 5.41 Å². The molecule has 2 atom stereocenters. The van der Waals surface area contributed by atoms with Crippen LogP contribution in [-0.2, 0) is 33.7 Å². The van der Waals surface area contributed by atoms with Crippen LogP contribution in [0.25, 0.3) is 33.4 Å². The molecule has 2 unspecified atom stereocenters. The van der Waals surface area contributed by atoms with Crippen LogP contribution in [-0.4, -0.2) is 44.9 Å². The number of hydrogen-bond donors (Lipinski definition) is 0. The smallest absolute Gasteiger partial charge is 0.293 e. The van der Waals surface area contributed by atoms with Crippen LogP contribution in [0.5, 0.6) is 0 Å². The normalized spacial score (nSPS) is 15.8. The lowest BCUT2D eigenvalue weighted by molar-refractivity contribution is -0.131. The number of hydrogen-bond acceptors (Lipinski definition) is 7. The van der Waals surface area contributed by atoms with Gasteiger partial charge in [0, 0.05) is 75.3 Å². The van der Waals surface area contributed by atoms with E-state index in [0.29, 0.717) is 37.1 Å². The first-order chi connectivity index (χ1) is 19.4. The summed E-state index contributed by atoms with van der Waals surface area (Å²) in [6.07, 6.45) is 5.84. The summed E-state index contributed by atoms with van der Waals surface area (Å²) >= 11 is 3.63. The third kappa shape index (κ3) is 5.88. The van der Waals surface area contributed by atoms with Crippen LogP contribution in [0.2, 0.25) is 0 Å². The van der Waals surface area contributed by atoms with Crippen LogP contribution < -0.4 is 0 Å². The van der Waals surface area contributed by atoms with E-state index in [0.717, 1.165) is 41.9 Å². The second kappa shape index (κ2) is 12.3. The van der Waals surface area contributed by atoms with Crippen molar-refractivity contribution in [1.29, 1.82) is 0 Å². The molecule has 0 aliphatic carbocycles. The van der Waals surface area contributed by atoms with E-state index < -0.39 is 0 Å². The zero-order valence-corrected chi connectivity index (χ0v) is 25.3. The van der Waals surface area contributed by atoms with Gasteiger partial charge in [0.05, 0.1) is 28.7 Å². The standard InChI is InChI=1S/C32H37N3O3S2/c1-5-22(28-18-39-28)30-23(9-7-13-33-30)31-25(16-32(3,4)19-38-20-37)24-15-21(11-12-27(24)35(31)6-2)26-17-40-29(34-26)10-8-14-36/h7,9,11-15,17,20,22,28H,5-6,8,10,16,18-19H2,1-4H3. The number of carbonyl (C=O) groups is 2. The summed E-state index contributed by atoms with van der Waals surface area (Å²) in [5.74, 6) is 1.61. The van der Waals surface area contributed by atoms with Crippen LogP contribution in [0.15, 0.2) is 41.9 Å². The van der Waals surface area contributed by atoms with Gasteiger partial charge in [-0.1, -0.05) is 26.8 Å². The van der Waals surface area contributed by atoms with Crippen molar-refractivity contribution < 1.29 is 14.3 Å². The number of aromatic nitrogens is 3. The Labute approximate surface area is 244 Å². The highest BCUT2D eigenvalue weighted by Crippen LogP contribution is 2.47. The number of rotatable bonds is 14. The van der Waals surface area contributed by atoms with Gasteiger partial charge >= 0.3 is 0 Å². The number of fused-ring (bicyclic) bond motifs is 1. The molecule has 4 heterocycles. The average molecular weight is 576 g/mol. The molecule has 8 heteroatoms. The Bertz CT molecular complexity index is 1500. The third-order valence-corrected chi connectivity index (χ3v) is 9.65. The van der Waals surface area contributed by atoms with E-state index >= 15 is 0 Å². The number of ether oxygens (including phenoxy) is 1. The lowest BCUT2D eigenvalue weighted by Gasteiger charge is -2.25. The lowest BCUT2D eigenvalue weighted by Crippen LogP contribution is -2.22. The average Bonchev–Trinajstić information content (AvgIpc) is 3.60. The summed E-state index contributed by atoms with van der Waals surface area (Å²) < 4.78 is 7.70. The first-order valence-electron chi connectivity index (χ1n) is 14.1. The molecule has 40 heavy (non-hydrogen) atoms. The first-order valence-corrected chi connectivity index (χ1v) is 16.0. The summed E-state index contributed by atoms with van der Waals surface area (Å²) in [6.45, 7) is 10.5. The molecule has 1 aliphatic heterocycles. The molecule has 3 aromatic heterocycles. The molecule has 1 aliphatic rings. The number of pyridine rings is 1. The van der Waals surface area contributed by atoms with Crippen LogP contribution in [0, 0.1) is 5.41 Å². The second-order valence-corrected chi connectivity index (χ2v) is 13.4. The molecule has 1 fully saturated rings. The Morgan fingerprint density at radius 2 is 2.05 bits per heavy atom. The number of aldehydes is 1. The molecule has 1 saturated heterocycles. The maximum Gasteiger partial charge on any atom is 0.293 e. The van der Waals surface area contributed by atoms with Gasteiger partial charge < -0.3 is 14.1 Å². The minimum Gasteiger partial charge on any atom is -0.467 e. The molecule has 210 valence electrons. The molecule has 0 radical (unpaired) electrons. The molecule has 0 amide bonds. The van der Waals surface area contributed by atoms with E-state index in [2.05, 4.69) is 68.0 Å². The van der Waals surface area contributed by atoms with Gasteiger partial charge in [-0.2, -0.15) is 11.8 Å². The van der Waals surface area contributed by atoms with E-state index in [9.17, 15) is 9.59 Å². The van der Waals surface area contributed by atoms with Gasteiger partial charge in [0.25, 0.3) is 6.47 Å². The fraction of sp³-hybridized carbons (Fsp3) is 0.438. The molecular weight excluding hydrogens is 539 g/mol. The topological polar surface area (TPSA) is 74.1 Å². The van der Waals surface area contributed by atoms with E-state index in [1.807, 2.05) is 18.0 Å². The van der Waals surface area contributed by atoms with Gasteiger partial charge in [0.1, 0.15) is 6.29 Å². The van der Waals surface area contributed by atoms with Gasteiger partial charge in [0.2, 0.25) is 0 Å². The van der Waals surface area contributed by atoms with Crippen molar-refractivity contribution in [3.63, 3.8) is 0 Å². The van der Waals surface area contributed by atoms with Crippen LogP contribution in [0.1, 0.15) is 62.7 Å². The fourth-order valence-electron chi connectivity index (χ4n) is 5.76. The molecule has 4 aromatic rings. The molecule has 5 rings (SSSR count). The summed E-state index contributed by atoms with van der Waals surface area (Å²) in [5.41, 5.74) is 7.77. The summed E-state index contributed by atoms with van der Waals surface area (Å²) in [7, 11) is 0. The molecule has 0 spiro atoms. The highest BCUT2D eigenvalue weighted by molar-refractivity contribution is 8.06. The Hall–Kier alpha value is -2.97. The van der Waals surface area contributed by atoms with Crippen molar-refractivity contribution in [3.05, 3.63) is 58.2 Å². The van der Waals surface area contributed by atoms with E-state index in [-0.39, 0.29) is 5.41 Å².